The number of methoxy groups -OCH3 is 1. The van der Waals surface area contributed by atoms with Crippen molar-refractivity contribution in [1.82, 2.24) is 0 Å². The van der Waals surface area contributed by atoms with Crippen LogP contribution in [0.25, 0.3) is 0 Å². The van der Waals surface area contributed by atoms with Crippen LogP contribution < -0.4 is 0 Å². The monoisotopic (exact) mass is 286 g/mol. The highest BCUT2D eigenvalue weighted by molar-refractivity contribution is 5.89. The smallest absolute Gasteiger partial charge is 0.337 e. The van der Waals surface area contributed by atoms with Crippen LogP contribution in [0.3, 0.4) is 0 Å². The van der Waals surface area contributed by atoms with Gasteiger partial charge in [0, 0.05) is 6.92 Å². The third-order valence-electron chi connectivity index (χ3n) is 2.48. The van der Waals surface area contributed by atoms with Crippen LogP contribution >= 0.6 is 0 Å². The fourth-order valence-electron chi connectivity index (χ4n) is 1.45. The van der Waals surface area contributed by atoms with Gasteiger partial charge >= 0.3 is 11.9 Å². The van der Waals surface area contributed by atoms with Crippen LogP contribution in [-0.4, -0.2) is 19.0 Å². The summed E-state index contributed by atoms with van der Waals surface area (Å²) in [5.74, 6) is -0.533. The molecule has 0 amide bonds. The number of ether oxygens (including phenoxy) is 2. The molecule has 0 aliphatic heterocycles. The van der Waals surface area contributed by atoms with Gasteiger partial charge in [0.1, 0.15) is 6.61 Å². The first kappa shape index (κ1) is 16.4. The minimum absolute atomic E-state index is 0.242. The Morgan fingerprint density at radius 2 is 1.43 bits per heavy atom. The minimum atomic E-state index is -0.291. The lowest BCUT2D eigenvalue weighted by atomic mass is 10.2. The van der Waals surface area contributed by atoms with Crippen LogP contribution in [0.1, 0.15) is 22.8 Å². The second kappa shape index (κ2) is 9.31. The lowest BCUT2D eigenvalue weighted by Gasteiger charge is -1.99. The number of hydrogen-bond donors (Lipinski definition) is 0. The van der Waals surface area contributed by atoms with Gasteiger partial charge in [-0.2, -0.15) is 0 Å². The van der Waals surface area contributed by atoms with E-state index in [2.05, 4.69) is 4.74 Å². The first-order chi connectivity index (χ1) is 10.1. The Balaban J connectivity index is 0.000000211. The van der Waals surface area contributed by atoms with E-state index in [1.165, 1.54) is 14.0 Å². The van der Waals surface area contributed by atoms with Gasteiger partial charge in [0.25, 0.3) is 0 Å². The average molecular weight is 286 g/mol. The molecule has 0 fully saturated rings. The van der Waals surface area contributed by atoms with Crippen molar-refractivity contribution in [2.45, 2.75) is 13.5 Å². The number of benzene rings is 2. The Kier molecular flexibility index (Phi) is 7.29. The van der Waals surface area contributed by atoms with Crippen LogP contribution in [0, 0.1) is 0 Å². The molecule has 2 aromatic carbocycles. The van der Waals surface area contributed by atoms with Crippen LogP contribution in [0.5, 0.6) is 0 Å². The van der Waals surface area contributed by atoms with Crippen molar-refractivity contribution in [2.24, 2.45) is 0 Å². The van der Waals surface area contributed by atoms with Gasteiger partial charge in [-0.15, -0.1) is 0 Å². The molecular formula is C17H18O4. The summed E-state index contributed by atoms with van der Waals surface area (Å²) < 4.78 is 9.29. The molecule has 4 heteroatoms. The van der Waals surface area contributed by atoms with Gasteiger partial charge in [-0.3, -0.25) is 4.79 Å². The maximum atomic E-state index is 10.8. The van der Waals surface area contributed by atoms with E-state index in [0.717, 1.165) is 5.56 Å². The first-order valence-corrected chi connectivity index (χ1v) is 6.44. The Morgan fingerprint density at radius 1 is 0.905 bits per heavy atom. The second-order valence-corrected chi connectivity index (χ2v) is 4.12. The Hall–Kier alpha value is -2.62. The highest BCUT2D eigenvalue weighted by Gasteiger charge is 2.00. The number of hydrogen-bond acceptors (Lipinski definition) is 4. The molecule has 110 valence electrons. The summed E-state index contributed by atoms with van der Waals surface area (Å²) in [7, 11) is 1.37. The quantitative estimate of drug-likeness (QED) is 0.813. The molecule has 4 nitrogen and oxygen atoms in total. The summed E-state index contributed by atoms with van der Waals surface area (Å²) in [4.78, 5) is 21.2. The molecule has 2 rings (SSSR count). The van der Waals surface area contributed by atoms with E-state index in [1.807, 2.05) is 36.4 Å². The van der Waals surface area contributed by atoms with Gasteiger partial charge in [0.05, 0.1) is 12.7 Å². The largest absolute Gasteiger partial charge is 0.465 e. The zero-order valence-corrected chi connectivity index (χ0v) is 12.1. The second-order valence-electron chi connectivity index (χ2n) is 4.12. The van der Waals surface area contributed by atoms with Gasteiger partial charge in [-0.05, 0) is 17.7 Å². The van der Waals surface area contributed by atoms with Crippen molar-refractivity contribution in [1.29, 1.82) is 0 Å². The van der Waals surface area contributed by atoms with Crippen LogP contribution in [0.15, 0.2) is 60.7 Å². The molecule has 0 radical (unpaired) electrons. The Labute approximate surface area is 124 Å². The first-order valence-electron chi connectivity index (χ1n) is 6.44. The molecule has 0 unspecified atom stereocenters. The maximum absolute atomic E-state index is 10.8. The third-order valence-corrected chi connectivity index (χ3v) is 2.48. The van der Waals surface area contributed by atoms with E-state index >= 15 is 0 Å². The van der Waals surface area contributed by atoms with Gasteiger partial charge < -0.3 is 9.47 Å². The molecule has 21 heavy (non-hydrogen) atoms. The number of carbonyl (C=O) groups is 2. The summed E-state index contributed by atoms with van der Waals surface area (Å²) >= 11 is 0. The van der Waals surface area contributed by atoms with Gasteiger partial charge in [-0.1, -0.05) is 48.5 Å². The highest BCUT2D eigenvalue weighted by atomic mass is 16.5. The third kappa shape index (κ3) is 6.92. The summed E-state index contributed by atoms with van der Waals surface area (Å²) in [5, 5.41) is 0. The summed E-state index contributed by atoms with van der Waals surface area (Å²) in [5.41, 5.74) is 1.60. The molecule has 2 aromatic rings. The van der Waals surface area contributed by atoms with E-state index < -0.39 is 0 Å². The molecule has 0 aliphatic rings. The van der Waals surface area contributed by atoms with Crippen molar-refractivity contribution in [3.05, 3.63) is 71.8 Å². The highest BCUT2D eigenvalue weighted by Crippen LogP contribution is 2.00. The molecule has 0 atom stereocenters. The predicted octanol–water partition coefficient (Wildman–Crippen LogP) is 3.22. The number of carbonyl (C=O) groups excluding carboxylic acids is 2. The molecular weight excluding hydrogens is 268 g/mol. The van der Waals surface area contributed by atoms with Gasteiger partial charge in [0.2, 0.25) is 0 Å². The molecule has 0 spiro atoms. The Bertz CT molecular complexity index is 550. The van der Waals surface area contributed by atoms with Crippen molar-refractivity contribution < 1.29 is 19.1 Å². The lowest BCUT2D eigenvalue weighted by molar-refractivity contribution is -0.142. The summed E-state index contributed by atoms with van der Waals surface area (Å²) in [6, 6.07) is 18.5. The van der Waals surface area contributed by atoms with E-state index in [0.29, 0.717) is 12.2 Å². The maximum Gasteiger partial charge on any atom is 0.337 e. The zero-order chi connectivity index (χ0) is 15.5. The van der Waals surface area contributed by atoms with E-state index in [-0.39, 0.29) is 11.9 Å². The Morgan fingerprint density at radius 3 is 1.90 bits per heavy atom. The summed E-state index contributed by atoms with van der Waals surface area (Å²) in [6.45, 7) is 1.78. The summed E-state index contributed by atoms with van der Waals surface area (Å²) in [6.07, 6.45) is 0. The van der Waals surface area contributed by atoms with Crippen molar-refractivity contribution in [3.8, 4) is 0 Å². The predicted molar refractivity (Wildman–Crippen MR) is 79.7 cm³/mol. The van der Waals surface area contributed by atoms with E-state index in [1.54, 1.807) is 24.3 Å². The molecule has 0 aliphatic carbocycles. The normalized spacial score (nSPS) is 9.05. The molecule has 0 heterocycles. The average Bonchev–Trinajstić information content (AvgIpc) is 2.54. The SMILES string of the molecule is CC(=O)OCc1ccccc1.COC(=O)c1ccccc1. The lowest BCUT2D eigenvalue weighted by Crippen LogP contribution is -1.99. The van der Waals surface area contributed by atoms with Crippen molar-refractivity contribution in [2.75, 3.05) is 7.11 Å². The fourth-order valence-corrected chi connectivity index (χ4v) is 1.45. The molecule has 0 saturated carbocycles. The van der Waals surface area contributed by atoms with E-state index in [9.17, 15) is 9.59 Å². The fraction of sp³-hybridized carbons (Fsp3) is 0.176. The zero-order valence-electron chi connectivity index (χ0n) is 12.1. The molecule has 0 aromatic heterocycles. The van der Waals surface area contributed by atoms with Gasteiger partial charge in [0.15, 0.2) is 0 Å². The van der Waals surface area contributed by atoms with Crippen LogP contribution in [-0.2, 0) is 20.9 Å². The van der Waals surface area contributed by atoms with Gasteiger partial charge in [-0.25, -0.2) is 4.79 Å². The molecule has 0 saturated heterocycles. The topological polar surface area (TPSA) is 52.6 Å². The minimum Gasteiger partial charge on any atom is -0.465 e. The van der Waals surface area contributed by atoms with Crippen LogP contribution in [0.4, 0.5) is 0 Å². The van der Waals surface area contributed by atoms with Crippen molar-refractivity contribution in [3.63, 3.8) is 0 Å². The standard InChI is InChI=1S/C9H10O2.C8H8O2/c1-8(10)11-7-9-5-3-2-4-6-9;1-10-8(9)7-5-3-2-4-6-7/h2-6H,7H2,1H3;2-6H,1H3. The molecule has 0 N–H and O–H groups in total. The number of rotatable bonds is 3. The number of esters is 2. The van der Waals surface area contributed by atoms with E-state index in [4.69, 9.17) is 4.74 Å². The van der Waals surface area contributed by atoms with Crippen LogP contribution in [0.2, 0.25) is 0 Å². The van der Waals surface area contributed by atoms with Crippen molar-refractivity contribution >= 4 is 11.9 Å². The molecule has 0 bridgehead atoms.